The average molecular weight is 250 g/mol. The Balaban J connectivity index is 1.65. The van der Waals surface area contributed by atoms with Crippen molar-refractivity contribution in [1.82, 2.24) is 14.8 Å². The number of aromatic nitrogens is 2. The van der Waals surface area contributed by atoms with Crippen LogP contribution in [0.25, 0.3) is 4.96 Å². The van der Waals surface area contributed by atoms with Crippen LogP contribution in [-0.2, 0) is 6.42 Å². The third kappa shape index (κ3) is 2.36. The third-order valence-corrected chi connectivity index (χ3v) is 4.45. The second-order valence-corrected chi connectivity index (χ2v) is 5.80. The number of nitrogens with one attached hydrogen (secondary N) is 1. The minimum atomic E-state index is 0.366. The van der Waals surface area contributed by atoms with Crippen LogP contribution in [-0.4, -0.2) is 15.4 Å². The molecule has 2 aromatic rings. The number of rotatable bonds is 5. The Morgan fingerprint density at radius 1 is 1.59 bits per heavy atom. The Morgan fingerprint density at radius 3 is 3.12 bits per heavy atom. The Hall–Kier alpha value is -0.910. The van der Waals surface area contributed by atoms with Crippen LogP contribution in [0.3, 0.4) is 0 Å². The van der Waals surface area contributed by atoms with Crippen molar-refractivity contribution in [2.24, 2.45) is 11.8 Å². The number of thiazole rings is 1. The van der Waals surface area contributed by atoms with E-state index in [2.05, 4.69) is 26.4 Å². The molecule has 17 heavy (non-hydrogen) atoms. The van der Waals surface area contributed by atoms with Gasteiger partial charge in [-0.1, -0.05) is 19.3 Å². The van der Waals surface area contributed by atoms with Crippen molar-refractivity contribution in [3.8, 4) is 0 Å². The monoisotopic (exact) mass is 250 g/mol. The Labute approximate surface area is 105 Å². The first-order valence-corrected chi connectivity index (χ1v) is 7.10. The molecule has 92 valence electrons. The van der Waals surface area contributed by atoms with E-state index < -0.39 is 0 Å². The van der Waals surface area contributed by atoms with Crippen LogP contribution in [0.2, 0.25) is 0 Å². The van der Waals surface area contributed by atoms with Crippen molar-refractivity contribution in [1.29, 1.82) is 0 Å². The number of hydrogen-bond donors (Lipinski definition) is 2. The van der Waals surface area contributed by atoms with E-state index in [4.69, 9.17) is 5.84 Å². The lowest BCUT2D eigenvalue weighted by Gasteiger charge is -2.29. The minimum absolute atomic E-state index is 0.366. The van der Waals surface area contributed by atoms with Gasteiger partial charge < -0.3 is 0 Å². The Bertz CT molecular complexity index is 457. The molecule has 1 atom stereocenters. The zero-order valence-corrected chi connectivity index (χ0v) is 10.6. The van der Waals surface area contributed by atoms with Crippen molar-refractivity contribution in [3.05, 3.63) is 23.5 Å². The number of imidazole rings is 1. The summed E-state index contributed by atoms with van der Waals surface area (Å²) in [7, 11) is 0. The molecule has 2 heterocycles. The van der Waals surface area contributed by atoms with Crippen LogP contribution in [0, 0.1) is 5.92 Å². The molecule has 4 nitrogen and oxygen atoms in total. The highest BCUT2D eigenvalue weighted by Gasteiger charge is 2.22. The highest BCUT2D eigenvalue weighted by atomic mass is 32.1. The van der Waals surface area contributed by atoms with Gasteiger partial charge in [0, 0.05) is 30.2 Å². The predicted molar refractivity (Wildman–Crippen MR) is 69.8 cm³/mol. The fraction of sp³-hybridized carbons (Fsp3) is 0.583. The number of hydrogen-bond acceptors (Lipinski definition) is 4. The molecule has 0 spiro atoms. The van der Waals surface area contributed by atoms with Crippen LogP contribution in [0.5, 0.6) is 0 Å². The Kier molecular flexibility index (Phi) is 3.13. The van der Waals surface area contributed by atoms with Crippen LogP contribution in [0.4, 0.5) is 0 Å². The lowest BCUT2D eigenvalue weighted by Crippen LogP contribution is -2.39. The Morgan fingerprint density at radius 2 is 2.47 bits per heavy atom. The van der Waals surface area contributed by atoms with Crippen molar-refractivity contribution in [3.63, 3.8) is 0 Å². The molecule has 1 fully saturated rings. The fourth-order valence-corrected chi connectivity index (χ4v) is 3.19. The minimum Gasteiger partial charge on any atom is -0.297 e. The van der Waals surface area contributed by atoms with Crippen molar-refractivity contribution in [2.75, 3.05) is 0 Å². The number of hydrazine groups is 1. The molecule has 0 bridgehead atoms. The van der Waals surface area contributed by atoms with Crippen LogP contribution >= 0.6 is 11.3 Å². The van der Waals surface area contributed by atoms with Gasteiger partial charge in [0.05, 0.1) is 5.69 Å². The summed E-state index contributed by atoms with van der Waals surface area (Å²) in [6.45, 7) is 0. The SMILES string of the molecule is NNC(Cc1cn2ccsc2n1)CC1CCC1. The second kappa shape index (κ2) is 4.76. The van der Waals surface area contributed by atoms with E-state index in [1.807, 2.05) is 6.20 Å². The molecule has 1 unspecified atom stereocenters. The van der Waals surface area contributed by atoms with Gasteiger partial charge in [0.2, 0.25) is 0 Å². The first-order valence-electron chi connectivity index (χ1n) is 6.22. The van der Waals surface area contributed by atoms with Gasteiger partial charge in [0.1, 0.15) is 0 Å². The summed E-state index contributed by atoms with van der Waals surface area (Å²) >= 11 is 1.67. The van der Waals surface area contributed by atoms with Crippen LogP contribution < -0.4 is 11.3 Å². The summed E-state index contributed by atoms with van der Waals surface area (Å²) in [4.78, 5) is 5.67. The van der Waals surface area contributed by atoms with E-state index in [0.717, 1.165) is 23.0 Å². The third-order valence-electron chi connectivity index (χ3n) is 3.68. The smallest absolute Gasteiger partial charge is 0.193 e. The lowest BCUT2D eigenvalue weighted by molar-refractivity contribution is 0.259. The molecule has 1 aliphatic rings. The number of fused-ring (bicyclic) bond motifs is 1. The van der Waals surface area contributed by atoms with Gasteiger partial charge in [-0.05, 0) is 12.3 Å². The summed E-state index contributed by atoms with van der Waals surface area (Å²) in [6.07, 6.45) is 10.4. The number of nitrogens with two attached hydrogens (primary N) is 1. The zero-order chi connectivity index (χ0) is 11.7. The molecule has 3 N–H and O–H groups in total. The van der Waals surface area contributed by atoms with Gasteiger partial charge in [-0.15, -0.1) is 11.3 Å². The fourth-order valence-electron chi connectivity index (χ4n) is 2.47. The maximum atomic E-state index is 5.64. The van der Waals surface area contributed by atoms with E-state index in [0.29, 0.717) is 6.04 Å². The van der Waals surface area contributed by atoms with Crippen molar-refractivity contribution >= 4 is 16.3 Å². The van der Waals surface area contributed by atoms with Gasteiger partial charge >= 0.3 is 0 Å². The summed E-state index contributed by atoms with van der Waals surface area (Å²) in [5.41, 5.74) is 4.08. The molecular weight excluding hydrogens is 232 g/mol. The highest BCUT2D eigenvalue weighted by Crippen LogP contribution is 2.30. The van der Waals surface area contributed by atoms with Gasteiger partial charge in [-0.3, -0.25) is 15.7 Å². The number of nitrogens with zero attached hydrogens (tertiary/aromatic N) is 2. The largest absolute Gasteiger partial charge is 0.297 e. The van der Waals surface area contributed by atoms with E-state index >= 15 is 0 Å². The molecule has 2 aromatic heterocycles. The first kappa shape index (κ1) is 11.2. The summed E-state index contributed by atoms with van der Waals surface area (Å²) in [6, 6.07) is 0.366. The topological polar surface area (TPSA) is 55.3 Å². The molecule has 0 amide bonds. The molecule has 1 saturated carbocycles. The highest BCUT2D eigenvalue weighted by molar-refractivity contribution is 7.15. The average Bonchev–Trinajstić information content (AvgIpc) is 2.81. The van der Waals surface area contributed by atoms with E-state index in [-0.39, 0.29) is 0 Å². The molecule has 0 saturated heterocycles. The standard InChI is InChI=1S/C12H18N4S/c13-15-10(6-9-2-1-3-9)7-11-8-16-4-5-17-12(16)14-11/h4-5,8-10,15H,1-3,6-7,13H2. The maximum absolute atomic E-state index is 5.64. The molecular formula is C12H18N4S. The summed E-state index contributed by atoms with van der Waals surface area (Å²) < 4.78 is 2.08. The van der Waals surface area contributed by atoms with Gasteiger partial charge in [-0.2, -0.15) is 0 Å². The quantitative estimate of drug-likeness (QED) is 0.630. The molecule has 0 aliphatic heterocycles. The summed E-state index contributed by atoms with van der Waals surface area (Å²) in [5.74, 6) is 6.51. The molecule has 1 aliphatic carbocycles. The van der Waals surface area contributed by atoms with E-state index in [9.17, 15) is 0 Å². The normalized spacial score (nSPS) is 18.4. The zero-order valence-electron chi connectivity index (χ0n) is 9.80. The molecule has 0 radical (unpaired) electrons. The van der Waals surface area contributed by atoms with Gasteiger partial charge in [-0.25, -0.2) is 4.98 Å². The van der Waals surface area contributed by atoms with E-state index in [1.54, 1.807) is 11.3 Å². The molecule has 3 rings (SSSR count). The summed E-state index contributed by atoms with van der Waals surface area (Å²) in [5, 5.41) is 2.05. The first-order chi connectivity index (χ1) is 8.35. The second-order valence-electron chi connectivity index (χ2n) is 4.93. The van der Waals surface area contributed by atoms with Crippen LogP contribution in [0.1, 0.15) is 31.4 Å². The molecule has 5 heteroatoms. The van der Waals surface area contributed by atoms with Crippen molar-refractivity contribution < 1.29 is 0 Å². The van der Waals surface area contributed by atoms with Gasteiger partial charge in [0.15, 0.2) is 4.96 Å². The van der Waals surface area contributed by atoms with E-state index in [1.165, 1.54) is 25.7 Å². The lowest BCUT2D eigenvalue weighted by atomic mass is 9.80. The maximum Gasteiger partial charge on any atom is 0.193 e. The predicted octanol–water partition coefficient (Wildman–Crippen LogP) is 1.96. The molecule has 0 aromatic carbocycles. The van der Waals surface area contributed by atoms with Gasteiger partial charge in [0.25, 0.3) is 0 Å². The van der Waals surface area contributed by atoms with Crippen molar-refractivity contribution in [2.45, 2.75) is 38.1 Å². The van der Waals surface area contributed by atoms with Crippen LogP contribution in [0.15, 0.2) is 17.8 Å².